The van der Waals surface area contributed by atoms with E-state index in [-0.39, 0.29) is 12.0 Å². The third-order valence-corrected chi connectivity index (χ3v) is 3.12. The van der Waals surface area contributed by atoms with E-state index < -0.39 is 0 Å². The number of nitrogens with one attached hydrogen (secondary N) is 1. The highest BCUT2D eigenvalue weighted by Gasteiger charge is 2.23. The highest BCUT2D eigenvalue weighted by molar-refractivity contribution is 6.04. The molecule has 2 aromatic rings. The van der Waals surface area contributed by atoms with Crippen molar-refractivity contribution in [2.75, 3.05) is 23.4 Å². The van der Waals surface area contributed by atoms with Crippen molar-refractivity contribution < 1.29 is 14.3 Å². The van der Waals surface area contributed by atoms with Gasteiger partial charge in [-0.2, -0.15) is 0 Å². The predicted octanol–water partition coefficient (Wildman–Crippen LogP) is 2.29. The molecule has 0 radical (unpaired) electrons. The van der Waals surface area contributed by atoms with Gasteiger partial charge in [0.2, 0.25) is 0 Å². The zero-order valence-electron chi connectivity index (χ0n) is 11.2. The quantitative estimate of drug-likeness (QED) is 0.938. The molecule has 1 aromatic heterocycles. The largest absolute Gasteiger partial charge is 0.447 e. The van der Waals surface area contributed by atoms with Gasteiger partial charge in [-0.3, -0.25) is 14.7 Å². The summed E-state index contributed by atoms with van der Waals surface area (Å²) < 4.78 is 4.88. The zero-order valence-corrected chi connectivity index (χ0v) is 11.2. The van der Waals surface area contributed by atoms with Crippen LogP contribution in [0.5, 0.6) is 0 Å². The molecule has 2 amide bonds. The number of nitrogens with zero attached hydrogens (tertiary/aromatic N) is 2. The summed E-state index contributed by atoms with van der Waals surface area (Å²) in [6, 6.07) is 10.4. The summed E-state index contributed by atoms with van der Waals surface area (Å²) in [5, 5.41) is 2.77. The van der Waals surface area contributed by atoms with Crippen LogP contribution in [0, 0.1) is 0 Å². The minimum absolute atomic E-state index is 0.226. The van der Waals surface area contributed by atoms with Crippen molar-refractivity contribution in [2.24, 2.45) is 0 Å². The smallest absolute Gasteiger partial charge is 0.414 e. The van der Waals surface area contributed by atoms with E-state index >= 15 is 0 Å². The molecule has 6 nitrogen and oxygen atoms in total. The fourth-order valence-corrected chi connectivity index (χ4v) is 2.05. The Morgan fingerprint density at radius 2 is 2.05 bits per heavy atom. The van der Waals surface area contributed by atoms with Gasteiger partial charge in [0.1, 0.15) is 6.61 Å². The molecule has 1 aliphatic rings. The van der Waals surface area contributed by atoms with Crippen LogP contribution < -0.4 is 10.2 Å². The Morgan fingerprint density at radius 1 is 1.24 bits per heavy atom. The molecule has 1 aromatic carbocycles. The summed E-state index contributed by atoms with van der Waals surface area (Å²) in [5.41, 5.74) is 1.89. The number of amides is 2. The van der Waals surface area contributed by atoms with E-state index in [1.165, 1.54) is 6.20 Å². The molecular formula is C15H13N3O3. The Bertz CT molecular complexity index is 656. The van der Waals surface area contributed by atoms with Gasteiger partial charge in [-0.05, 0) is 36.4 Å². The molecule has 1 fully saturated rings. The third-order valence-electron chi connectivity index (χ3n) is 3.12. The minimum Gasteiger partial charge on any atom is -0.447 e. The Kier molecular flexibility index (Phi) is 3.51. The summed E-state index contributed by atoms with van der Waals surface area (Å²) >= 11 is 0. The van der Waals surface area contributed by atoms with Crippen LogP contribution >= 0.6 is 0 Å². The van der Waals surface area contributed by atoms with Crippen LogP contribution in [0.4, 0.5) is 16.2 Å². The molecule has 0 spiro atoms. The SMILES string of the molecule is O=C(Nc1ccc(N2CCOC2=O)cc1)c1cccnc1. The van der Waals surface area contributed by atoms with E-state index in [0.717, 1.165) is 5.69 Å². The second-order valence-electron chi connectivity index (χ2n) is 4.51. The normalized spacial score (nSPS) is 13.9. The first kappa shape index (κ1) is 13.1. The third kappa shape index (κ3) is 2.84. The number of benzene rings is 1. The molecule has 1 saturated heterocycles. The number of cyclic esters (lactones) is 1. The van der Waals surface area contributed by atoms with Crippen LogP contribution in [-0.4, -0.2) is 30.1 Å². The summed E-state index contributed by atoms with van der Waals surface area (Å²) in [6.45, 7) is 0.943. The van der Waals surface area contributed by atoms with Crippen LogP contribution in [0.1, 0.15) is 10.4 Å². The molecule has 0 aliphatic carbocycles. The standard InChI is InChI=1S/C15H13N3O3/c19-14(11-2-1-7-16-10-11)17-12-3-5-13(6-4-12)18-8-9-21-15(18)20/h1-7,10H,8-9H2,(H,17,19). The van der Waals surface area contributed by atoms with Gasteiger partial charge < -0.3 is 10.1 Å². The highest BCUT2D eigenvalue weighted by atomic mass is 16.6. The number of rotatable bonds is 3. The van der Waals surface area contributed by atoms with E-state index in [4.69, 9.17) is 4.74 Å². The fraction of sp³-hybridized carbons (Fsp3) is 0.133. The average molecular weight is 283 g/mol. The molecule has 106 valence electrons. The topological polar surface area (TPSA) is 71.5 Å². The van der Waals surface area contributed by atoms with Crippen molar-refractivity contribution in [2.45, 2.75) is 0 Å². The fourth-order valence-electron chi connectivity index (χ4n) is 2.05. The second-order valence-corrected chi connectivity index (χ2v) is 4.51. The lowest BCUT2D eigenvalue weighted by Gasteiger charge is -2.13. The van der Waals surface area contributed by atoms with Gasteiger partial charge in [0.15, 0.2) is 0 Å². The molecule has 0 saturated carbocycles. The van der Waals surface area contributed by atoms with Crippen LogP contribution in [0.15, 0.2) is 48.8 Å². The Morgan fingerprint density at radius 3 is 2.67 bits per heavy atom. The molecule has 0 atom stereocenters. The van der Waals surface area contributed by atoms with Gasteiger partial charge in [-0.25, -0.2) is 4.79 Å². The van der Waals surface area contributed by atoms with Gasteiger partial charge in [-0.1, -0.05) is 0 Å². The molecule has 2 heterocycles. The second kappa shape index (κ2) is 5.62. The Hall–Kier alpha value is -2.89. The van der Waals surface area contributed by atoms with Gasteiger partial charge in [-0.15, -0.1) is 0 Å². The number of carbonyl (C=O) groups is 2. The predicted molar refractivity (Wildman–Crippen MR) is 77.3 cm³/mol. The number of hydrogen-bond acceptors (Lipinski definition) is 4. The maximum atomic E-state index is 12.0. The molecule has 21 heavy (non-hydrogen) atoms. The van der Waals surface area contributed by atoms with Crippen molar-refractivity contribution in [1.29, 1.82) is 0 Å². The van der Waals surface area contributed by atoms with Crippen LogP contribution in [0.2, 0.25) is 0 Å². The molecule has 0 unspecified atom stereocenters. The molecular weight excluding hydrogens is 270 g/mol. The summed E-state index contributed by atoms with van der Waals surface area (Å²) in [7, 11) is 0. The monoisotopic (exact) mass is 283 g/mol. The van der Waals surface area contributed by atoms with Crippen LogP contribution in [0.25, 0.3) is 0 Å². The molecule has 3 rings (SSSR count). The van der Waals surface area contributed by atoms with E-state index in [2.05, 4.69) is 10.3 Å². The maximum absolute atomic E-state index is 12.0. The first-order valence-corrected chi connectivity index (χ1v) is 6.50. The average Bonchev–Trinajstić information content (AvgIpc) is 2.95. The number of aromatic nitrogens is 1. The van der Waals surface area contributed by atoms with Crippen LogP contribution in [0.3, 0.4) is 0 Å². The Labute approximate surface area is 121 Å². The lowest BCUT2D eigenvalue weighted by atomic mass is 10.2. The van der Waals surface area contributed by atoms with Gasteiger partial charge in [0.05, 0.1) is 12.1 Å². The zero-order chi connectivity index (χ0) is 14.7. The molecule has 6 heteroatoms. The lowest BCUT2D eigenvalue weighted by molar-refractivity contribution is 0.102. The van der Waals surface area contributed by atoms with Crippen LogP contribution in [-0.2, 0) is 4.74 Å². The van der Waals surface area contributed by atoms with E-state index in [1.54, 1.807) is 47.5 Å². The lowest BCUT2D eigenvalue weighted by Crippen LogP contribution is -2.23. The highest BCUT2D eigenvalue weighted by Crippen LogP contribution is 2.21. The number of hydrogen-bond donors (Lipinski definition) is 1. The van der Waals surface area contributed by atoms with E-state index in [9.17, 15) is 9.59 Å². The van der Waals surface area contributed by atoms with Crippen molar-refractivity contribution in [3.8, 4) is 0 Å². The summed E-state index contributed by atoms with van der Waals surface area (Å²) in [6.07, 6.45) is 2.77. The van der Waals surface area contributed by atoms with Gasteiger partial charge in [0, 0.05) is 23.8 Å². The van der Waals surface area contributed by atoms with Crippen molar-refractivity contribution in [3.63, 3.8) is 0 Å². The number of ether oxygens (including phenoxy) is 1. The number of pyridine rings is 1. The van der Waals surface area contributed by atoms with Crippen molar-refractivity contribution in [3.05, 3.63) is 54.4 Å². The first-order chi connectivity index (χ1) is 10.2. The summed E-state index contributed by atoms with van der Waals surface area (Å²) in [5.74, 6) is -0.226. The molecule has 0 bridgehead atoms. The van der Waals surface area contributed by atoms with Gasteiger partial charge >= 0.3 is 6.09 Å². The summed E-state index contributed by atoms with van der Waals surface area (Å²) in [4.78, 5) is 28.9. The Balaban J connectivity index is 1.70. The molecule has 1 aliphatic heterocycles. The van der Waals surface area contributed by atoms with E-state index in [0.29, 0.717) is 24.4 Å². The minimum atomic E-state index is -0.345. The first-order valence-electron chi connectivity index (χ1n) is 6.50. The van der Waals surface area contributed by atoms with Gasteiger partial charge in [0.25, 0.3) is 5.91 Å². The maximum Gasteiger partial charge on any atom is 0.414 e. The van der Waals surface area contributed by atoms with E-state index in [1.807, 2.05) is 0 Å². The molecule has 1 N–H and O–H groups in total. The number of anilines is 2. The van der Waals surface area contributed by atoms with Crippen molar-refractivity contribution in [1.82, 2.24) is 4.98 Å². The number of carbonyl (C=O) groups excluding carboxylic acids is 2. The van der Waals surface area contributed by atoms with Crippen molar-refractivity contribution >= 4 is 23.4 Å².